The lowest BCUT2D eigenvalue weighted by Gasteiger charge is -2.26. The van der Waals surface area contributed by atoms with E-state index in [1.165, 1.54) is 11.8 Å². The van der Waals surface area contributed by atoms with Crippen LogP contribution in [0.3, 0.4) is 0 Å². The fraction of sp³-hybridized carbons (Fsp3) is 0.462. The number of thioether (sulfide) groups is 1. The van der Waals surface area contributed by atoms with Crippen molar-refractivity contribution in [2.24, 2.45) is 0 Å². The highest BCUT2D eigenvalue weighted by molar-refractivity contribution is 8.00. The van der Waals surface area contributed by atoms with Gasteiger partial charge in [0.05, 0.1) is 26.1 Å². The minimum absolute atomic E-state index is 0.121. The average Bonchev–Trinajstić information content (AvgIpc) is 2.47. The molecule has 1 aromatic carbocycles. The van der Waals surface area contributed by atoms with Crippen LogP contribution in [-0.4, -0.2) is 50.0 Å². The van der Waals surface area contributed by atoms with E-state index in [0.29, 0.717) is 37.7 Å². The zero-order valence-electron chi connectivity index (χ0n) is 10.9. The van der Waals surface area contributed by atoms with Crippen LogP contribution in [0.5, 0.6) is 5.75 Å². The smallest absolute Gasteiger partial charge is 0.233 e. The number of anilines is 1. The van der Waals surface area contributed by atoms with Crippen molar-refractivity contribution in [1.82, 2.24) is 4.90 Å². The second-order valence-corrected chi connectivity index (χ2v) is 5.20. The molecular formula is C13H18N2O3S. The molecule has 0 saturated carbocycles. The highest BCUT2D eigenvalue weighted by Gasteiger charge is 2.17. The zero-order chi connectivity index (χ0) is 13.7. The summed E-state index contributed by atoms with van der Waals surface area (Å²) in [6, 6.07) is 5.45. The predicted molar refractivity (Wildman–Crippen MR) is 75.5 cm³/mol. The SMILES string of the molecule is COc1ccc(N)c(SCC(=O)N2CCOCC2)c1. The number of hydrogen-bond acceptors (Lipinski definition) is 5. The maximum absolute atomic E-state index is 12.0. The minimum Gasteiger partial charge on any atom is -0.497 e. The fourth-order valence-electron chi connectivity index (χ4n) is 1.81. The summed E-state index contributed by atoms with van der Waals surface area (Å²) in [5.41, 5.74) is 6.55. The van der Waals surface area contributed by atoms with Crippen LogP contribution in [0, 0.1) is 0 Å². The molecule has 0 atom stereocenters. The van der Waals surface area contributed by atoms with E-state index in [1.54, 1.807) is 13.2 Å². The number of carbonyl (C=O) groups excluding carboxylic acids is 1. The molecule has 1 aliphatic heterocycles. The van der Waals surface area contributed by atoms with Gasteiger partial charge in [0.25, 0.3) is 0 Å². The number of nitrogens with two attached hydrogens (primary N) is 1. The maximum atomic E-state index is 12.0. The van der Waals surface area contributed by atoms with Crippen molar-refractivity contribution in [2.75, 3.05) is 44.9 Å². The highest BCUT2D eigenvalue weighted by Crippen LogP contribution is 2.29. The minimum atomic E-state index is 0.121. The summed E-state index contributed by atoms with van der Waals surface area (Å²) in [5, 5.41) is 0. The van der Waals surface area contributed by atoms with Crippen molar-refractivity contribution < 1.29 is 14.3 Å². The van der Waals surface area contributed by atoms with Gasteiger partial charge in [-0.25, -0.2) is 0 Å². The number of benzene rings is 1. The lowest BCUT2D eigenvalue weighted by Crippen LogP contribution is -2.41. The zero-order valence-corrected chi connectivity index (χ0v) is 11.7. The van der Waals surface area contributed by atoms with Crippen LogP contribution in [0.25, 0.3) is 0 Å². The third-order valence-electron chi connectivity index (χ3n) is 2.94. The Hall–Kier alpha value is -1.40. The van der Waals surface area contributed by atoms with Crippen molar-refractivity contribution in [3.8, 4) is 5.75 Å². The number of ether oxygens (including phenoxy) is 2. The van der Waals surface area contributed by atoms with Gasteiger partial charge in [-0.1, -0.05) is 0 Å². The molecule has 1 aromatic rings. The van der Waals surface area contributed by atoms with E-state index in [0.717, 1.165) is 10.6 Å². The largest absolute Gasteiger partial charge is 0.497 e. The van der Waals surface area contributed by atoms with E-state index in [4.69, 9.17) is 15.2 Å². The van der Waals surface area contributed by atoms with Gasteiger partial charge in [0.15, 0.2) is 0 Å². The van der Waals surface area contributed by atoms with Crippen LogP contribution in [0.4, 0.5) is 5.69 Å². The third kappa shape index (κ3) is 3.78. The number of methoxy groups -OCH3 is 1. The van der Waals surface area contributed by atoms with Crippen LogP contribution >= 0.6 is 11.8 Å². The van der Waals surface area contributed by atoms with Crippen LogP contribution in [-0.2, 0) is 9.53 Å². The molecule has 1 fully saturated rings. The van der Waals surface area contributed by atoms with Gasteiger partial charge in [-0.3, -0.25) is 4.79 Å². The Kier molecular flexibility index (Phi) is 4.93. The van der Waals surface area contributed by atoms with Gasteiger partial charge < -0.3 is 20.1 Å². The van der Waals surface area contributed by atoms with E-state index >= 15 is 0 Å². The Morgan fingerprint density at radius 3 is 2.89 bits per heavy atom. The Bertz CT molecular complexity index is 448. The number of carbonyl (C=O) groups is 1. The van der Waals surface area contributed by atoms with E-state index in [9.17, 15) is 4.79 Å². The monoisotopic (exact) mass is 282 g/mol. The summed E-state index contributed by atoms with van der Waals surface area (Å²) in [6.45, 7) is 2.59. The molecule has 1 heterocycles. The van der Waals surface area contributed by atoms with Crippen molar-refractivity contribution in [3.63, 3.8) is 0 Å². The summed E-state index contributed by atoms with van der Waals surface area (Å²) in [4.78, 5) is 14.7. The molecule has 0 aliphatic carbocycles. The topological polar surface area (TPSA) is 64.8 Å². The molecular weight excluding hydrogens is 264 g/mol. The van der Waals surface area contributed by atoms with Crippen molar-refractivity contribution in [3.05, 3.63) is 18.2 Å². The second kappa shape index (κ2) is 6.68. The summed E-state index contributed by atoms with van der Waals surface area (Å²) < 4.78 is 10.4. The van der Waals surface area contributed by atoms with E-state index in [-0.39, 0.29) is 5.91 Å². The molecule has 0 bridgehead atoms. The van der Waals surface area contributed by atoms with Crippen LogP contribution in [0.2, 0.25) is 0 Å². The third-order valence-corrected chi connectivity index (χ3v) is 3.99. The first kappa shape index (κ1) is 14.0. The number of nitrogen functional groups attached to an aromatic ring is 1. The standard InChI is InChI=1S/C13H18N2O3S/c1-17-10-2-3-11(14)12(8-10)19-9-13(16)15-4-6-18-7-5-15/h2-3,8H,4-7,9,14H2,1H3. The van der Waals surface area contributed by atoms with Crippen LogP contribution in [0.15, 0.2) is 23.1 Å². The Morgan fingerprint density at radius 1 is 1.47 bits per heavy atom. The van der Waals surface area contributed by atoms with Crippen molar-refractivity contribution >= 4 is 23.4 Å². The molecule has 2 rings (SSSR count). The molecule has 0 unspecified atom stereocenters. The number of hydrogen-bond donors (Lipinski definition) is 1. The summed E-state index contributed by atoms with van der Waals surface area (Å²) in [6.07, 6.45) is 0. The number of amides is 1. The first-order valence-electron chi connectivity index (χ1n) is 6.12. The predicted octanol–water partition coefficient (Wildman–Crippen LogP) is 1.23. The highest BCUT2D eigenvalue weighted by atomic mass is 32.2. The Morgan fingerprint density at radius 2 is 2.21 bits per heavy atom. The average molecular weight is 282 g/mol. The molecule has 1 saturated heterocycles. The molecule has 104 valence electrons. The molecule has 19 heavy (non-hydrogen) atoms. The first-order chi connectivity index (χ1) is 9.20. The lowest BCUT2D eigenvalue weighted by atomic mass is 10.3. The quantitative estimate of drug-likeness (QED) is 0.664. The van der Waals surface area contributed by atoms with Gasteiger partial charge in [0.1, 0.15) is 5.75 Å². The molecule has 6 heteroatoms. The van der Waals surface area contributed by atoms with E-state index in [2.05, 4.69) is 0 Å². The van der Waals surface area contributed by atoms with Crippen LogP contribution < -0.4 is 10.5 Å². The number of nitrogens with zero attached hydrogens (tertiary/aromatic N) is 1. The van der Waals surface area contributed by atoms with Gasteiger partial charge in [-0.15, -0.1) is 11.8 Å². The normalized spacial score (nSPS) is 15.3. The Balaban J connectivity index is 1.92. The molecule has 1 aliphatic rings. The van der Waals surface area contributed by atoms with E-state index in [1.807, 2.05) is 17.0 Å². The summed E-state index contributed by atoms with van der Waals surface area (Å²) >= 11 is 1.44. The molecule has 0 spiro atoms. The molecule has 5 nitrogen and oxygen atoms in total. The van der Waals surface area contributed by atoms with E-state index < -0.39 is 0 Å². The Labute approximate surface area is 117 Å². The number of morpholine rings is 1. The van der Waals surface area contributed by atoms with Crippen LogP contribution in [0.1, 0.15) is 0 Å². The van der Waals surface area contributed by atoms with Crippen molar-refractivity contribution in [1.29, 1.82) is 0 Å². The van der Waals surface area contributed by atoms with Gasteiger partial charge in [0, 0.05) is 23.7 Å². The summed E-state index contributed by atoms with van der Waals surface area (Å²) in [5.74, 6) is 1.25. The molecule has 1 amide bonds. The summed E-state index contributed by atoms with van der Waals surface area (Å²) in [7, 11) is 1.61. The van der Waals surface area contributed by atoms with Gasteiger partial charge >= 0.3 is 0 Å². The maximum Gasteiger partial charge on any atom is 0.233 e. The molecule has 0 radical (unpaired) electrons. The lowest BCUT2D eigenvalue weighted by molar-refractivity contribution is -0.132. The molecule has 2 N–H and O–H groups in total. The molecule has 0 aromatic heterocycles. The number of rotatable bonds is 4. The van der Waals surface area contributed by atoms with Gasteiger partial charge in [-0.05, 0) is 18.2 Å². The van der Waals surface area contributed by atoms with Crippen molar-refractivity contribution in [2.45, 2.75) is 4.90 Å². The fourth-order valence-corrected chi connectivity index (χ4v) is 2.71. The van der Waals surface area contributed by atoms with Gasteiger partial charge in [-0.2, -0.15) is 0 Å². The first-order valence-corrected chi connectivity index (χ1v) is 7.11. The second-order valence-electron chi connectivity index (χ2n) is 4.19. The van der Waals surface area contributed by atoms with Gasteiger partial charge in [0.2, 0.25) is 5.91 Å².